The lowest BCUT2D eigenvalue weighted by molar-refractivity contribution is -0.145. The number of fused-ring (bicyclic) bond motifs is 1. The number of nitrogens with one attached hydrogen (secondary N) is 1. The third kappa shape index (κ3) is 4.35. The molecule has 1 atom stereocenters. The molecule has 0 spiro atoms. The lowest BCUT2D eigenvalue weighted by Crippen LogP contribution is -2.14. The second-order valence-electron chi connectivity index (χ2n) is 5.24. The van der Waals surface area contributed by atoms with Crippen molar-refractivity contribution in [2.75, 3.05) is 19.0 Å². The van der Waals surface area contributed by atoms with E-state index in [0.29, 0.717) is 0 Å². The first-order chi connectivity index (χ1) is 10.6. The highest BCUT2D eigenvalue weighted by Crippen LogP contribution is 2.27. The average Bonchev–Trinajstić information content (AvgIpc) is 2.50. The van der Waals surface area contributed by atoms with Crippen LogP contribution in [0.3, 0.4) is 0 Å². The number of hydrogen-bond acceptors (Lipinski definition) is 5. The van der Waals surface area contributed by atoms with E-state index in [2.05, 4.69) is 10.3 Å². The number of rotatable bonds is 7. The maximum atomic E-state index is 10.9. The maximum Gasteiger partial charge on any atom is 0.302 e. The van der Waals surface area contributed by atoms with E-state index >= 15 is 0 Å². The first kappa shape index (κ1) is 16.1. The normalized spacial score (nSPS) is 12.0. The van der Waals surface area contributed by atoms with E-state index in [-0.39, 0.29) is 12.1 Å². The Morgan fingerprint density at radius 1 is 1.41 bits per heavy atom. The predicted octanol–water partition coefficient (Wildman–Crippen LogP) is 3.39. The largest absolute Gasteiger partial charge is 0.497 e. The molecule has 1 heterocycles. The third-order valence-electron chi connectivity index (χ3n) is 3.38. The molecule has 0 saturated carbocycles. The zero-order chi connectivity index (χ0) is 15.9. The number of methoxy groups -OCH3 is 1. The summed E-state index contributed by atoms with van der Waals surface area (Å²) in [6, 6.07) is 7.84. The van der Waals surface area contributed by atoms with Gasteiger partial charge in [0, 0.05) is 31.1 Å². The number of aromatic nitrogens is 1. The standard InChI is InChI=1S/C17H22N2O3/c1-12(22-13(2)20)6-4-8-18-16-11-15(21-3)10-14-7-5-9-19-17(14)16/h5,7,9-12,18H,4,6,8H2,1-3H3. The van der Waals surface area contributed by atoms with Gasteiger partial charge in [-0.1, -0.05) is 6.07 Å². The summed E-state index contributed by atoms with van der Waals surface area (Å²) >= 11 is 0. The number of anilines is 1. The average molecular weight is 302 g/mol. The van der Waals surface area contributed by atoms with E-state index in [4.69, 9.17) is 9.47 Å². The molecule has 22 heavy (non-hydrogen) atoms. The molecule has 1 aromatic carbocycles. The summed E-state index contributed by atoms with van der Waals surface area (Å²) in [6.07, 6.45) is 3.45. The van der Waals surface area contributed by atoms with Crippen LogP contribution in [0.25, 0.3) is 10.9 Å². The minimum atomic E-state index is -0.233. The van der Waals surface area contributed by atoms with Crippen molar-refractivity contribution in [2.45, 2.75) is 32.8 Å². The number of ether oxygens (including phenoxy) is 2. The number of carbonyl (C=O) groups excluding carboxylic acids is 1. The van der Waals surface area contributed by atoms with E-state index in [9.17, 15) is 4.79 Å². The fourth-order valence-electron chi connectivity index (χ4n) is 2.37. The first-order valence-electron chi connectivity index (χ1n) is 7.44. The number of nitrogens with zero attached hydrogens (tertiary/aromatic N) is 1. The van der Waals surface area contributed by atoms with Crippen LogP contribution in [0.1, 0.15) is 26.7 Å². The third-order valence-corrected chi connectivity index (χ3v) is 3.38. The van der Waals surface area contributed by atoms with Gasteiger partial charge in [-0.2, -0.15) is 0 Å². The van der Waals surface area contributed by atoms with Crippen LogP contribution in [-0.4, -0.2) is 30.7 Å². The summed E-state index contributed by atoms with van der Waals surface area (Å²) in [6.45, 7) is 4.12. The highest BCUT2D eigenvalue weighted by molar-refractivity contribution is 5.91. The van der Waals surface area contributed by atoms with Crippen LogP contribution >= 0.6 is 0 Å². The molecule has 0 amide bonds. The number of carbonyl (C=O) groups is 1. The van der Waals surface area contributed by atoms with Gasteiger partial charge >= 0.3 is 5.97 Å². The molecule has 5 heteroatoms. The molecule has 1 unspecified atom stereocenters. The molecule has 5 nitrogen and oxygen atoms in total. The lowest BCUT2D eigenvalue weighted by atomic mass is 10.1. The van der Waals surface area contributed by atoms with Gasteiger partial charge in [-0.3, -0.25) is 9.78 Å². The molecule has 0 radical (unpaired) electrons. The smallest absolute Gasteiger partial charge is 0.302 e. The Morgan fingerprint density at radius 3 is 2.95 bits per heavy atom. The van der Waals surface area contributed by atoms with E-state index < -0.39 is 0 Å². The van der Waals surface area contributed by atoms with Crippen molar-refractivity contribution in [2.24, 2.45) is 0 Å². The Labute approximate surface area is 130 Å². The molecule has 118 valence electrons. The monoisotopic (exact) mass is 302 g/mol. The number of benzene rings is 1. The number of pyridine rings is 1. The molecule has 0 bridgehead atoms. The maximum absolute atomic E-state index is 10.9. The number of hydrogen-bond donors (Lipinski definition) is 1. The molecular formula is C17H22N2O3. The lowest BCUT2D eigenvalue weighted by Gasteiger charge is -2.13. The topological polar surface area (TPSA) is 60.5 Å². The fourth-order valence-corrected chi connectivity index (χ4v) is 2.37. The van der Waals surface area contributed by atoms with Crippen LogP contribution in [-0.2, 0) is 9.53 Å². The van der Waals surface area contributed by atoms with E-state index in [0.717, 1.165) is 41.7 Å². The molecule has 1 N–H and O–H groups in total. The Kier molecular flexibility index (Phi) is 5.58. The Morgan fingerprint density at radius 2 is 2.23 bits per heavy atom. The van der Waals surface area contributed by atoms with Gasteiger partial charge in [0.1, 0.15) is 5.75 Å². The van der Waals surface area contributed by atoms with Crippen LogP contribution in [0.2, 0.25) is 0 Å². The van der Waals surface area contributed by atoms with Crippen LogP contribution in [0.15, 0.2) is 30.5 Å². The second-order valence-corrected chi connectivity index (χ2v) is 5.24. The van der Waals surface area contributed by atoms with Crippen molar-refractivity contribution in [1.29, 1.82) is 0 Å². The highest BCUT2D eigenvalue weighted by Gasteiger charge is 2.07. The molecular weight excluding hydrogens is 280 g/mol. The summed E-state index contributed by atoms with van der Waals surface area (Å²) < 4.78 is 10.4. The van der Waals surface area contributed by atoms with E-state index in [1.807, 2.05) is 31.2 Å². The Balaban J connectivity index is 1.97. The molecule has 0 aliphatic rings. The van der Waals surface area contributed by atoms with E-state index in [1.54, 1.807) is 13.3 Å². The van der Waals surface area contributed by atoms with Crippen molar-refractivity contribution in [1.82, 2.24) is 4.98 Å². The summed E-state index contributed by atoms with van der Waals surface area (Å²) in [5.74, 6) is 0.569. The predicted molar refractivity (Wildman–Crippen MR) is 87.2 cm³/mol. The summed E-state index contributed by atoms with van der Waals surface area (Å²) in [4.78, 5) is 15.3. The van der Waals surface area contributed by atoms with Crippen molar-refractivity contribution in [3.63, 3.8) is 0 Å². The summed E-state index contributed by atoms with van der Waals surface area (Å²) in [5.41, 5.74) is 1.88. The molecule has 2 rings (SSSR count). The van der Waals surface area contributed by atoms with Crippen LogP contribution in [0.5, 0.6) is 5.75 Å². The molecule has 2 aromatic rings. The van der Waals surface area contributed by atoms with Gasteiger partial charge < -0.3 is 14.8 Å². The zero-order valence-corrected chi connectivity index (χ0v) is 13.3. The van der Waals surface area contributed by atoms with Crippen molar-refractivity contribution in [3.8, 4) is 5.75 Å². The first-order valence-corrected chi connectivity index (χ1v) is 7.44. The van der Waals surface area contributed by atoms with Crippen LogP contribution in [0, 0.1) is 0 Å². The van der Waals surface area contributed by atoms with Gasteiger partial charge in [0.25, 0.3) is 0 Å². The molecule has 0 saturated heterocycles. The van der Waals surface area contributed by atoms with Crippen molar-refractivity contribution in [3.05, 3.63) is 30.5 Å². The van der Waals surface area contributed by atoms with Crippen LogP contribution < -0.4 is 10.1 Å². The van der Waals surface area contributed by atoms with Crippen molar-refractivity contribution >= 4 is 22.6 Å². The van der Waals surface area contributed by atoms with Gasteiger partial charge in [-0.15, -0.1) is 0 Å². The van der Waals surface area contributed by atoms with Crippen molar-refractivity contribution < 1.29 is 14.3 Å². The van der Waals surface area contributed by atoms with Gasteiger partial charge in [0.15, 0.2) is 0 Å². The Bertz CT molecular complexity index is 643. The fraction of sp³-hybridized carbons (Fsp3) is 0.412. The number of esters is 1. The summed E-state index contributed by atoms with van der Waals surface area (Å²) in [7, 11) is 1.65. The Hall–Kier alpha value is -2.30. The molecule has 1 aromatic heterocycles. The molecule has 0 fully saturated rings. The van der Waals surface area contributed by atoms with E-state index in [1.165, 1.54) is 6.92 Å². The zero-order valence-electron chi connectivity index (χ0n) is 13.3. The molecule has 0 aliphatic heterocycles. The van der Waals surface area contributed by atoms with Gasteiger partial charge in [0.05, 0.1) is 24.4 Å². The second kappa shape index (κ2) is 7.64. The minimum Gasteiger partial charge on any atom is -0.497 e. The summed E-state index contributed by atoms with van der Waals surface area (Å²) in [5, 5.41) is 4.43. The highest BCUT2D eigenvalue weighted by atomic mass is 16.5. The van der Waals surface area contributed by atoms with Crippen LogP contribution in [0.4, 0.5) is 5.69 Å². The van der Waals surface area contributed by atoms with Gasteiger partial charge in [0.2, 0.25) is 0 Å². The minimum absolute atomic E-state index is 0.0560. The quantitative estimate of drug-likeness (QED) is 0.627. The SMILES string of the molecule is COc1cc(NCCCC(C)OC(C)=O)c2ncccc2c1. The molecule has 0 aliphatic carbocycles. The van der Waals surface area contributed by atoms with Gasteiger partial charge in [-0.05, 0) is 31.9 Å². The van der Waals surface area contributed by atoms with Gasteiger partial charge in [-0.25, -0.2) is 0 Å².